The molecule has 9 heavy (non-hydrogen) atoms. The quantitative estimate of drug-likeness (QED) is 0.615. The summed E-state index contributed by atoms with van der Waals surface area (Å²) >= 11 is 0. The molecule has 0 aromatic heterocycles. The molecular formula is C6H12O3. The van der Waals surface area contributed by atoms with Gasteiger partial charge in [-0.3, -0.25) is 0 Å². The first-order valence-corrected chi connectivity index (χ1v) is 2.21. The second kappa shape index (κ2) is 5.56. The summed E-state index contributed by atoms with van der Waals surface area (Å²) in [6.07, 6.45) is -5.91. The van der Waals surface area contributed by atoms with Gasteiger partial charge in [-0.05, 0) is 6.37 Å². The van der Waals surface area contributed by atoms with Gasteiger partial charge in [0, 0.05) is 16.2 Å². The lowest BCUT2D eigenvalue weighted by Crippen LogP contribution is -2.07. The molecular weight excluding hydrogens is 120 g/mol. The number of carboxylic acids is 1. The fraction of sp³-hybridized carbons (Fsp3) is 0.833. The van der Waals surface area contributed by atoms with Gasteiger partial charge in [0.25, 0.3) is 0 Å². The van der Waals surface area contributed by atoms with Gasteiger partial charge in [0.2, 0.25) is 0 Å². The summed E-state index contributed by atoms with van der Waals surface area (Å²) in [5, 5.41) is 8.22. The van der Waals surface area contributed by atoms with Crippen molar-refractivity contribution in [2.75, 3.05) is 13.2 Å². The first kappa shape index (κ1) is 2.23. The summed E-state index contributed by atoms with van der Waals surface area (Å²) in [4.78, 5) is 10.1. The Morgan fingerprint density at radius 2 is 2.78 bits per heavy atom. The normalized spacial score (nSPS) is 25.6. The van der Waals surface area contributed by atoms with Crippen molar-refractivity contribution < 1.29 is 24.2 Å². The number of rotatable bonds is 5. The van der Waals surface area contributed by atoms with Crippen LogP contribution in [0.3, 0.4) is 0 Å². The smallest absolute Gasteiger partial charge is 0.329 e. The van der Waals surface area contributed by atoms with E-state index < -0.39 is 38.8 Å². The van der Waals surface area contributed by atoms with Crippen LogP contribution in [0.1, 0.15) is 29.2 Å². The average Bonchev–Trinajstić information content (AvgIpc) is 2.00. The number of carbonyl (C=O) groups is 1. The lowest BCUT2D eigenvalue weighted by molar-refractivity contribution is -0.142. The first-order valence-electron chi connectivity index (χ1n) is 5.71. The van der Waals surface area contributed by atoms with Crippen molar-refractivity contribution in [3.8, 4) is 0 Å². The molecule has 0 saturated heterocycles. The number of hydrogen-bond acceptors (Lipinski definition) is 2. The predicted molar refractivity (Wildman–Crippen MR) is 33.4 cm³/mol. The molecule has 0 aliphatic carbocycles. The van der Waals surface area contributed by atoms with E-state index in [0.717, 1.165) is 0 Å². The van der Waals surface area contributed by atoms with Crippen LogP contribution in [0.5, 0.6) is 0 Å². The molecule has 0 spiro atoms. The van der Waals surface area contributed by atoms with Crippen LogP contribution in [0.4, 0.5) is 0 Å². The molecule has 0 aliphatic rings. The van der Waals surface area contributed by atoms with Gasteiger partial charge in [0.15, 0.2) is 0 Å². The van der Waals surface area contributed by atoms with E-state index in [2.05, 4.69) is 4.74 Å². The minimum Gasteiger partial charge on any atom is -0.480 e. The molecule has 0 amide bonds. The Bertz CT molecular complexity index is 259. The predicted octanol–water partition coefficient (Wildman–Crippen LogP) is 0.888. The van der Waals surface area contributed by atoms with Crippen LogP contribution >= 0.6 is 0 Å². The maximum absolute atomic E-state index is 10.1. The topological polar surface area (TPSA) is 46.5 Å². The van der Waals surface area contributed by atoms with E-state index in [1.54, 1.807) is 0 Å². The zero-order valence-electron chi connectivity index (χ0n) is 11.7. The highest BCUT2D eigenvalue weighted by molar-refractivity contribution is 5.67. The van der Waals surface area contributed by atoms with Crippen molar-refractivity contribution in [3.05, 3.63) is 0 Å². The van der Waals surface area contributed by atoms with Crippen LogP contribution < -0.4 is 0 Å². The van der Waals surface area contributed by atoms with E-state index in [-0.39, 0.29) is 0 Å². The van der Waals surface area contributed by atoms with Crippen LogP contribution in [0.15, 0.2) is 0 Å². The minimum atomic E-state index is -3.15. The van der Waals surface area contributed by atoms with E-state index in [9.17, 15) is 4.79 Å². The van der Waals surface area contributed by atoms with Crippen molar-refractivity contribution in [2.24, 2.45) is 0 Å². The van der Waals surface area contributed by atoms with Gasteiger partial charge in [-0.1, -0.05) is 13.2 Å². The number of carboxylic acid groups (broad SMARTS) is 1. The van der Waals surface area contributed by atoms with Crippen LogP contribution in [-0.2, 0) is 9.53 Å². The average molecular weight is 139 g/mol. The second-order valence-electron chi connectivity index (χ2n) is 1.19. The third-order valence-electron chi connectivity index (χ3n) is 0.488. The van der Waals surface area contributed by atoms with E-state index >= 15 is 0 Å². The summed E-state index contributed by atoms with van der Waals surface area (Å²) in [6.45, 7) is -4.90. The van der Waals surface area contributed by atoms with Gasteiger partial charge in [0.05, 0.1) is 0 Å². The third-order valence-corrected chi connectivity index (χ3v) is 0.488. The van der Waals surface area contributed by atoms with Crippen LogP contribution in [-0.4, -0.2) is 24.3 Å². The summed E-state index contributed by atoms with van der Waals surface area (Å²) in [7, 11) is 0. The summed E-state index contributed by atoms with van der Waals surface area (Å²) in [5.41, 5.74) is 0. The SMILES string of the molecule is [2H]C([2H])([2H])C([2H])([2H])C([2H])([2H])COCC(=O)O. The van der Waals surface area contributed by atoms with Gasteiger partial charge >= 0.3 is 5.97 Å². The van der Waals surface area contributed by atoms with E-state index in [0.29, 0.717) is 0 Å². The van der Waals surface area contributed by atoms with Gasteiger partial charge in [-0.2, -0.15) is 0 Å². The Morgan fingerprint density at radius 3 is 3.33 bits per heavy atom. The zero-order valence-corrected chi connectivity index (χ0v) is 4.68. The lowest BCUT2D eigenvalue weighted by atomic mass is 10.4. The number of ether oxygens (including phenoxy) is 1. The van der Waals surface area contributed by atoms with Gasteiger partial charge < -0.3 is 9.84 Å². The maximum atomic E-state index is 10.1. The molecule has 0 atom stereocenters. The van der Waals surface area contributed by atoms with E-state index in [1.807, 2.05) is 0 Å². The standard InChI is InChI=1S/C6H12O3/c1-2-3-4-9-5-6(7)8/h2-5H2,1H3,(H,7,8)/i1D3,2D2,3D2. The lowest BCUT2D eigenvalue weighted by Gasteiger charge is -1.96. The summed E-state index contributed by atoms with van der Waals surface area (Å²) in [5.74, 6) is -1.34. The highest BCUT2D eigenvalue weighted by Crippen LogP contribution is 1.86. The van der Waals surface area contributed by atoms with Crippen molar-refractivity contribution in [1.29, 1.82) is 0 Å². The molecule has 0 saturated carbocycles. The van der Waals surface area contributed by atoms with Crippen molar-refractivity contribution >= 4 is 5.97 Å². The molecule has 0 heterocycles. The molecule has 3 nitrogen and oxygen atoms in total. The highest BCUT2D eigenvalue weighted by atomic mass is 16.5. The molecule has 0 radical (unpaired) electrons. The van der Waals surface area contributed by atoms with Crippen molar-refractivity contribution in [3.63, 3.8) is 0 Å². The van der Waals surface area contributed by atoms with Crippen LogP contribution in [0, 0.1) is 0 Å². The fourth-order valence-corrected chi connectivity index (χ4v) is 0.225. The van der Waals surface area contributed by atoms with Gasteiger partial charge in [0.1, 0.15) is 6.61 Å². The zero-order chi connectivity index (χ0) is 13.2. The molecule has 3 heteroatoms. The summed E-state index contributed by atoms with van der Waals surface area (Å²) in [6, 6.07) is 0. The molecule has 0 bridgehead atoms. The minimum absolute atomic E-state index is 0.809. The van der Waals surface area contributed by atoms with Crippen molar-refractivity contribution in [1.82, 2.24) is 0 Å². The van der Waals surface area contributed by atoms with Crippen molar-refractivity contribution in [2.45, 2.75) is 19.6 Å². The fourth-order valence-electron chi connectivity index (χ4n) is 0.225. The second-order valence-corrected chi connectivity index (χ2v) is 1.19. The number of aliphatic carboxylic acids is 1. The number of hydrogen-bond donors (Lipinski definition) is 1. The molecule has 0 fully saturated rings. The molecule has 0 aromatic carbocycles. The molecule has 54 valence electrons. The van der Waals surface area contributed by atoms with Gasteiger partial charge in [-0.15, -0.1) is 0 Å². The molecule has 1 N–H and O–H groups in total. The monoisotopic (exact) mass is 139 g/mol. The Balaban J connectivity index is 4.59. The molecule has 0 aliphatic heterocycles. The largest absolute Gasteiger partial charge is 0.480 e. The van der Waals surface area contributed by atoms with Crippen LogP contribution in [0.25, 0.3) is 0 Å². The Kier molecular flexibility index (Phi) is 1.38. The Labute approximate surface area is 64.5 Å². The Hall–Kier alpha value is -0.570. The maximum Gasteiger partial charge on any atom is 0.329 e. The first-order chi connectivity index (χ1) is 6.92. The summed E-state index contributed by atoms with van der Waals surface area (Å²) < 4.78 is 53.8. The van der Waals surface area contributed by atoms with E-state index in [4.69, 9.17) is 14.7 Å². The molecule has 0 aromatic rings. The molecule has 0 rings (SSSR count). The molecule has 0 unspecified atom stereocenters. The third kappa shape index (κ3) is 7.43. The Morgan fingerprint density at radius 1 is 2.00 bits per heavy atom. The van der Waals surface area contributed by atoms with Gasteiger partial charge in [-0.25, -0.2) is 4.79 Å². The van der Waals surface area contributed by atoms with E-state index in [1.165, 1.54) is 0 Å². The van der Waals surface area contributed by atoms with Crippen LogP contribution in [0.2, 0.25) is 0 Å². The highest BCUT2D eigenvalue weighted by Gasteiger charge is 1.93.